The number of hydrogen-bond acceptors (Lipinski definition) is 3. The largest absolute Gasteiger partial charge is 0.465 e. The Morgan fingerprint density at radius 3 is 2.29 bits per heavy atom. The summed E-state index contributed by atoms with van der Waals surface area (Å²) in [5.74, 6) is -0.0985. The third-order valence-corrected chi connectivity index (χ3v) is 2.55. The van der Waals surface area contributed by atoms with E-state index in [-0.39, 0.29) is 11.4 Å². The molecule has 0 aliphatic carbocycles. The van der Waals surface area contributed by atoms with Crippen LogP contribution < -0.4 is 5.32 Å². The summed E-state index contributed by atoms with van der Waals surface area (Å²) < 4.78 is 5.19. The predicted octanol–water partition coefficient (Wildman–Crippen LogP) is 3.14. The number of ether oxygens (including phenoxy) is 1. The Kier molecular flexibility index (Phi) is 9.14. The van der Waals surface area contributed by atoms with Gasteiger partial charge in [0.25, 0.3) is 0 Å². The number of carbonyl (C=O) groups excluding carboxylic acids is 1. The van der Waals surface area contributed by atoms with Crippen molar-refractivity contribution in [2.45, 2.75) is 59.8 Å². The molecule has 1 N–H and O–H groups in total. The first-order valence-electron chi connectivity index (χ1n) is 6.86. The highest BCUT2D eigenvalue weighted by Crippen LogP contribution is 2.15. The number of carbonyl (C=O) groups is 1. The molecule has 0 unspecified atom stereocenters. The van der Waals surface area contributed by atoms with E-state index in [1.165, 1.54) is 12.8 Å². The highest BCUT2D eigenvalue weighted by Gasteiger charge is 2.22. The Hall–Kier alpha value is -0.570. The van der Waals surface area contributed by atoms with Crippen molar-refractivity contribution in [2.75, 3.05) is 19.7 Å². The van der Waals surface area contributed by atoms with Crippen LogP contribution in [0.3, 0.4) is 0 Å². The molecule has 0 aromatic heterocycles. The molecule has 0 saturated carbocycles. The molecule has 17 heavy (non-hydrogen) atoms. The second-order valence-electron chi connectivity index (χ2n) is 5.55. The van der Waals surface area contributed by atoms with Gasteiger partial charge in [-0.05, 0) is 59.5 Å². The quantitative estimate of drug-likeness (QED) is 0.499. The molecule has 0 heterocycles. The lowest BCUT2D eigenvalue weighted by molar-refractivity contribution is -0.153. The van der Waals surface area contributed by atoms with Crippen LogP contribution >= 0.6 is 0 Å². The molecular weight excluding hydrogens is 214 g/mol. The molecule has 0 amide bonds. The van der Waals surface area contributed by atoms with Gasteiger partial charge in [0.05, 0.1) is 12.0 Å². The summed E-state index contributed by atoms with van der Waals surface area (Å²) in [6, 6.07) is 0. The minimum absolute atomic E-state index is 0.0985. The second-order valence-corrected chi connectivity index (χ2v) is 5.55. The van der Waals surface area contributed by atoms with Crippen molar-refractivity contribution >= 4 is 5.97 Å². The molecule has 0 rings (SSSR count). The second kappa shape index (κ2) is 9.46. The summed E-state index contributed by atoms with van der Waals surface area (Å²) in [5, 5.41) is 3.40. The van der Waals surface area contributed by atoms with Gasteiger partial charge < -0.3 is 10.1 Å². The molecule has 3 heteroatoms. The lowest BCUT2D eigenvalue weighted by Gasteiger charge is -2.16. The Labute approximate surface area is 106 Å². The zero-order valence-electron chi connectivity index (χ0n) is 12.0. The average Bonchev–Trinajstić information content (AvgIpc) is 2.25. The fourth-order valence-electron chi connectivity index (χ4n) is 1.34. The van der Waals surface area contributed by atoms with Crippen molar-refractivity contribution in [1.29, 1.82) is 0 Å². The third-order valence-electron chi connectivity index (χ3n) is 2.55. The van der Waals surface area contributed by atoms with Crippen LogP contribution in [-0.2, 0) is 9.53 Å². The Bertz CT molecular complexity index is 197. The van der Waals surface area contributed by atoms with Crippen LogP contribution in [0.15, 0.2) is 0 Å². The van der Waals surface area contributed by atoms with Crippen molar-refractivity contribution in [1.82, 2.24) is 5.32 Å². The van der Waals surface area contributed by atoms with Gasteiger partial charge in [-0.3, -0.25) is 4.79 Å². The van der Waals surface area contributed by atoms with Gasteiger partial charge in [0.1, 0.15) is 0 Å². The molecule has 0 fully saturated rings. The van der Waals surface area contributed by atoms with Crippen LogP contribution in [-0.4, -0.2) is 25.7 Å². The van der Waals surface area contributed by atoms with E-state index in [0.29, 0.717) is 6.61 Å². The van der Waals surface area contributed by atoms with Crippen LogP contribution in [0.25, 0.3) is 0 Å². The first kappa shape index (κ1) is 16.4. The highest BCUT2D eigenvalue weighted by molar-refractivity contribution is 5.75. The van der Waals surface area contributed by atoms with E-state index in [4.69, 9.17) is 4.74 Å². The van der Waals surface area contributed by atoms with Gasteiger partial charge in [-0.2, -0.15) is 0 Å². The van der Waals surface area contributed by atoms with Gasteiger partial charge in [-0.1, -0.05) is 13.3 Å². The standard InChI is InChI=1S/C14H29NO2/c1-5-6-10-15-11-8-7-9-12-17-13(16)14(2,3)4/h15H,5-12H2,1-4H3. The molecule has 0 radical (unpaired) electrons. The van der Waals surface area contributed by atoms with Crippen molar-refractivity contribution in [3.63, 3.8) is 0 Å². The molecule has 0 spiro atoms. The summed E-state index contributed by atoms with van der Waals surface area (Å²) >= 11 is 0. The lowest BCUT2D eigenvalue weighted by atomic mass is 9.97. The zero-order valence-corrected chi connectivity index (χ0v) is 12.0. The SMILES string of the molecule is CCCCNCCCCCOC(=O)C(C)(C)C. The molecule has 0 bridgehead atoms. The smallest absolute Gasteiger partial charge is 0.311 e. The Balaban J connectivity index is 3.22. The van der Waals surface area contributed by atoms with Crippen molar-refractivity contribution in [2.24, 2.45) is 5.41 Å². The monoisotopic (exact) mass is 243 g/mol. The Morgan fingerprint density at radius 2 is 1.71 bits per heavy atom. The van der Waals surface area contributed by atoms with Gasteiger partial charge in [0.2, 0.25) is 0 Å². The highest BCUT2D eigenvalue weighted by atomic mass is 16.5. The van der Waals surface area contributed by atoms with Gasteiger partial charge in [-0.25, -0.2) is 0 Å². The van der Waals surface area contributed by atoms with Gasteiger partial charge in [0, 0.05) is 0 Å². The number of nitrogens with one attached hydrogen (secondary N) is 1. The molecule has 0 aliphatic heterocycles. The first-order valence-corrected chi connectivity index (χ1v) is 6.86. The fourth-order valence-corrected chi connectivity index (χ4v) is 1.34. The zero-order chi connectivity index (χ0) is 13.1. The van der Waals surface area contributed by atoms with Crippen molar-refractivity contribution in [3.8, 4) is 0 Å². The van der Waals surface area contributed by atoms with E-state index >= 15 is 0 Å². The van der Waals surface area contributed by atoms with E-state index in [1.807, 2.05) is 20.8 Å². The Morgan fingerprint density at radius 1 is 1.06 bits per heavy atom. The molecule has 102 valence electrons. The molecule has 0 aliphatic rings. The molecule has 0 atom stereocenters. The summed E-state index contributed by atoms with van der Waals surface area (Å²) in [6.45, 7) is 10.6. The summed E-state index contributed by atoms with van der Waals surface area (Å²) in [6.07, 6.45) is 5.75. The maximum atomic E-state index is 11.4. The fraction of sp³-hybridized carbons (Fsp3) is 0.929. The maximum Gasteiger partial charge on any atom is 0.311 e. The van der Waals surface area contributed by atoms with E-state index in [2.05, 4.69) is 12.2 Å². The van der Waals surface area contributed by atoms with Crippen LogP contribution in [0.5, 0.6) is 0 Å². The molecule has 0 saturated heterocycles. The topological polar surface area (TPSA) is 38.3 Å². The molecule has 3 nitrogen and oxygen atoms in total. The van der Waals surface area contributed by atoms with E-state index in [0.717, 1.165) is 32.4 Å². The maximum absolute atomic E-state index is 11.4. The average molecular weight is 243 g/mol. The van der Waals surface area contributed by atoms with Gasteiger partial charge in [-0.15, -0.1) is 0 Å². The van der Waals surface area contributed by atoms with Gasteiger partial charge in [0.15, 0.2) is 0 Å². The van der Waals surface area contributed by atoms with E-state index in [9.17, 15) is 4.79 Å². The number of rotatable bonds is 9. The lowest BCUT2D eigenvalue weighted by Crippen LogP contribution is -2.23. The minimum atomic E-state index is -0.373. The molecule has 0 aromatic rings. The predicted molar refractivity (Wildman–Crippen MR) is 72.0 cm³/mol. The summed E-state index contributed by atoms with van der Waals surface area (Å²) in [7, 11) is 0. The van der Waals surface area contributed by atoms with Crippen LogP contribution in [0.2, 0.25) is 0 Å². The normalized spacial score (nSPS) is 11.5. The summed E-state index contributed by atoms with van der Waals surface area (Å²) in [4.78, 5) is 11.4. The minimum Gasteiger partial charge on any atom is -0.465 e. The van der Waals surface area contributed by atoms with E-state index in [1.54, 1.807) is 0 Å². The molecular formula is C14H29NO2. The number of esters is 1. The van der Waals surface area contributed by atoms with Gasteiger partial charge >= 0.3 is 5.97 Å². The van der Waals surface area contributed by atoms with Crippen molar-refractivity contribution in [3.05, 3.63) is 0 Å². The first-order chi connectivity index (χ1) is 7.98. The van der Waals surface area contributed by atoms with Crippen molar-refractivity contribution < 1.29 is 9.53 Å². The summed E-state index contributed by atoms with van der Waals surface area (Å²) in [5.41, 5.74) is -0.373. The number of unbranched alkanes of at least 4 members (excludes halogenated alkanes) is 3. The third kappa shape index (κ3) is 10.3. The van der Waals surface area contributed by atoms with Crippen LogP contribution in [0.1, 0.15) is 59.8 Å². The molecule has 0 aromatic carbocycles. The van der Waals surface area contributed by atoms with Crippen LogP contribution in [0, 0.1) is 5.41 Å². The number of hydrogen-bond donors (Lipinski definition) is 1. The van der Waals surface area contributed by atoms with E-state index < -0.39 is 0 Å². The van der Waals surface area contributed by atoms with Crippen LogP contribution in [0.4, 0.5) is 0 Å².